The zero-order valence-electron chi connectivity index (χ0n) is 11.2. The number of benzene rings is 1. The first-order chi connectivity index (χ1) is 9.38. The Bertz CT molecular complexity index is 594. The molecule has 0 radical (unpaired) electrons. The lowest BCUT2D eigenvalue weighted by atomic mass is 10.1. The third-order valence-corrected chi connectivity index (χ3v) is 4.41. The number of hydrogen-bond acceptors (Lipinski definition) is 4. The second-order valence-electron chi connectivity index (χ2n) is 4.91. The number of rotatable bonds is 6. The van der Waals surface area contributed by atoms with E-state index in [1.54, 1.807) is 19.1 Å². The van der Waals surface area contributed by atoms with Crippen LogP contribution in [0, 0.1) is 0 Å². The number of carbonyl (C=O) groups excluding carboxylic acids is 1. The molecule has 1 saturated carbocycles. The number of sulfonamides is 1. The van der Waals surface area contributed by atoms with Crippen LogP contribution in [0.1, 0.15) is 31.4 Å². The summed E-state index contributed by atoms with van der Waals surface area (Å²) in [5.74, 6) is -0.331. The van der Waals surface area contributed by atoms with Crippen LogP contribution in [0.2, 0.25) is 0 Å². The lowest BCUT2D eigenvalue weighted by Gasteiger charge is -2.10. The molecule has 1 fully saturated rings. The molecule has 2 rings (SSSR count). The number of amides is 1. The van der Waals surface area contributed by atoms with E-state index in [2.05, 4.69) is 10.0 Å². The van der Waals surface area contributed by atoms with Gasteiger partial charge in [-0.1, -0.05) is 12.1 Å². The molecule has 7 heteroatoms. The molecule has 0 spiro atoms. The van der Waals surface area contributed by atoms with Gasteiger partial charge >= 0.3 is 0 Å². The Balaban J connectivity index is 2.01. The van der Waals surface area contributed by atoms with E-state index >= 15 is 0 Å². The van der Waals surface area contributed by atoms with Crippen molar-refractivity contribution in [1.29, 1.82) is 0 Å². The molecular formula is C13H18N2O4S. The number of carbonyl (C=O) groups is 1. The molecule has 1 aliphatic carbocycles. The molecule has 1 unspecified atom stereocenters. The summed E-state index contributed by atoms with van der Waals surface area (Å²) in [7, 11) is -3.75. The molecule has 0 heterocycles. The first-order valence-corrected chi connectivity index (χ1v) is 7.94. The minimum Gasteiger partial charge on any atom is -0.389 e. The molecule has 110 valence electrons. The minimum atomic E-state index is -3.75. The topological polar surface area (TPSA) is 95.5 Å². The molecule has 0 bridgehead atoms. The van der Waals surface area contributed by atoms with E-state index in [9.17, 15) is 18.3 Å². The Morgan fingerprint density at radius 3 is 2.75 bits per heavy atom. The Morgan fingerprint density at radius 2 is 2.15 bits per heavy atom. The predicted octanol–water partition coefficient (Wildman–Crippen LogP) is 0.297. The van der Waals surface area contributed by atoms with Gasteiger partial charge in [-0.3, -0.25) is 4.79 Å². The summed E-state index contributed by atoms with van der Waals surface area (Å²) in [4.78, 5) is 11.5. The normalized spacial score (nSPS) is 16.7. The molecule has 1 aliphatic rings. The summed E-state index contributed by atoms with van der Waals surface area (Å²) in [6.07, 6.45) is 1.16. The van der Waals surface area contributed by atoms with Gasteiger partial charge in [0.1, 0.15) is 0 Å². The Kier molecular flexibility index (Phi) is 4.42. The van der Waals surface area contributed by atoms with Crippen molar-refractivity contribution in [1.82, 2.24) is 10.0 Å². The van der Waals surface area contributed by atoms with Crippen molar-refractivity contribution < 1.29 is 18.3 Å². The van der Waals surface area contributed by atoms with Gasteiger partial charge in [0.15, 0.2) is 0 Å². The second-order valence-corrected chi connectivity index (χ2v) is 6.68. The average molecular weight is 298 g/mol. The van der Waals surface area contributed by atoms with Crippen LogP contribution in [0.25, 0.3) is 0 Å². The van der Waals surface area contributed by atoms with Gasteiger partial charge in [0.2, 0.25) is 15.9 Å². The standard InChI is InChI=1S/C13H18N2O4S/c1-9(16)10-3-2-4-12(7-10)20(18,19)14-8-13(17)15-11-5-6-11/h2-4,7,9,11,14,16H,5-6,8H2,1H3,(H,15,17). The molecule has 0 aliphatic heterocycles. The zero-order valence-corrected chi connectivity index (χ0v) is 12.0. The highest BCUT2D eigenvalue weighted by Gasteiger charge is 2.24. The highest BCUT2D eigenvalue weighted by atomic mass is 32.2. The van der Waals surface area contributed by atoms with E-state index < -0.39 is 16.1 Å². The summed E-state index contributed by atoms with van der Waals surface area (Å²) in [5, 5.41) is 12.2. The van der Waals surface area contributed by atoms with Crippen LogP contribution in [-0.2, 0) is 14.8 Å². The van der Waals surface area contributed by atoms with Gasteiger partial charge in [-0.05, 0) is 37.5 Å². The summed E-state index contributed by atoms with van der Waals surface area (Å²) >= 11 is 0. The highest BCUT2D eigenvalue weighted by Crippen LogP contribution is 2.18. The van der Waals surface area contributed by atoms with Crippen LogP contribution >= 0.6 is 0 Å². The van der Waals surface area contributed by atoms with Crippen molar-refractivity contribution in [2.45, 2.75) is 36.8 Å². The predicted molar refractivity (Wildman–Crippen MR) is 73.4 cm³/mol. The minimum absolute atomic E-state index is 0.0371. The number of nitrogens with one attached hydrogen (secondary N) is 2. The van der Waals surface area contributed by atoms with Crippen LogP contribution in [0.15, 0.2) is 29.2 Å². The van der Waals surface area contributed by atoms with Crippen LogP contribution in [-0.4, -0.2) is 32.0 Å². The maximum atomic E-state index is 12.0. The van der Waals surface area contributed by atoms with Gasteiger partial charge in [0, 0.05) is 6.04 Å². The second kappa shape index (κ2) is 5.90. The molecule has 1 aromatic rings. The van der Waals surface area contributed by atoms with E-state index in [1.807, 2.05) is 0 Å². The third kappa shape index (κ3) is 4.03. The van der Waals surface area contributed by atoms with Gasteiger partial charge in [0.25, 0.3) is 0 Å². The molecule has 0 aromatic heterocycles. The van der Waals surface area contributed by atoms with Crippen molar-refractivity contribution in [3.05, 3.63) is 29.8 Å². The van der Waals surface area contributed by atoms with Crippen LogP contribution < -0.4 is 10.0 Å². The van der Waals surface area contributed by atoms with Crippen LogP contribution in [0.4, 0.5) is 0 Å². The fourth-order valence-corrected chi connectivity index (χ4v) is 2.73. The SMILES string of the molecule is CC(O)c1cccc(S(=O)(=O)NCC(=O)NC2CC2)c1. The smallest absolute Gasteiger partial charge is 0.241 e. The largest absolute Gasteiger partial charge is 0.389 e. The van der Waals surface area contributed by atoms with E-state index in [4.69, 9.17) is 0 Å². The third-order valence-electron chi connectivity index (χ3n) is 3.02. The molecule has 0 saturated heterocycles. The van der Waals surface area contributed by atoms with Gasteiger partial charge < -0.3 is 10.4 Å². The molecule has 20 heavy (non-hydrogen) atoms. The quantitative estimate of drug-likeness (QED) is 0.704. The monoisotopic (exact) mass is 298 g/mol. The molecule has 1 aromatic carbocycles. The highest BCUT2D eigenvalue weighted by molar-refractivity contribution is 7.89. The fourth-order valence-electron chi connectivity index (χ4n) is 1.69. The van der Waals surface area contributed by atoms with Crippen molar-refractivity contribution >= 4 is 15.9 Å². The van der Waals surface area contributed by atoms with Crippen LogP contribution in [0.3, 0.4) is 0 Å². The van der Waals surface area contributed by atoms with Crippen molar-refractivity contribution in [2.75, 3.05) is 6.54 Å². The molecular weight excluding hydrogens is 280 g/mol. The van der Waals surface area contributed by atoms with Gasteiger partial charge in [-0.15, -0.1) is 0 Å². The fraction of sp³-hybridized carbons (Fsp3) is 0.462. The van der Waals surface area contributed by atoms with Crippen molar-refractivity contribution in [2.24, 2.45) is 0 Å². The average Bonchev–Trinajstić information content (AvgIpc) is 3.20. The summed E-state index contributed by atoms with van der Waals surface area (Å²) in [6.45, 7) is 1.28. The number of aliphatic hydroxyl groups excluding tert-OH is 1. The van der Waals surface area contributed by atoms with Gasteiger partial charge in [0.05, 0.1) is 17.5 Å². The van der Waals surface area contributed by atoms with E-state index in [0.29, 0.717) is 5.56 Å². The Morgan fingerprint density at radius 1 is 1.45 bits per heavy atom. The van der Waals surface area contributed by atoms with Crippen molar-refractivity contribution in [3.63, 3.8) is 0 Å². The van der Waals surface area contributed by atoms with Crippen molar-refractivity contribution in [3.8, 4) is 0 Å². The lowest BCUT2D eigenvalue weighted by molar-refractivity contribution is -0.120. The first kappa shape index (κ1) is 15.0. The molecule has 1 amide bonds. The zero-order chi connectivity index (χ0) is 14.8. The molecule has 3 N–H and O–H groups in total. The molecule has 1 atom stereocenters. The van der Waals surface area contributed by atoms with Gasteiger partial charge in [-0.25, -0.2) is 13.1 Å². The van der Waals surface area contributed by atoms with E-state index in [1.165, 1.54) is 12.1 Å². The van der Waals surface area contributed by atoms with Crippen LogP contribution in [0.5, 0.6) is 0 Å². The maximum absolute atomic E-state index is 12.0. The van der Waals surface area contributed by atoms with E-state index in [0.717, 1.165) is 12.8 Å². The number of aliphatic hydroxyl groups is 1. The first-order valence-electron chi connectivity index (χ1n) is 6.45. The molecule has 6 nitrogen and oxygen atoms in total. The van der Waals surface area contributed by atoms with Gasteiger partial charge in [-0.2, -0.15) is 0 Å². The Hall–Kier alpha value is -1.44. The summed E-state index contributed by atoms with van der Waals surface area (Å²) in [6, 6.07) is 6.22. The summed E-state index contributed by atoms with van der Waals surface area (Å²) < 4.78 is 26.3. The lowest BCUT2D eigenvalue weighted by Crippen LogP contribution is -2.37. The van der Waals surface area contributed by atoms with E-state index in [-0.39, 0.29) is 23.4 Å². The number of hydrogen-bond donors (Lipinski definition) is 3. The summed E-state index contributed by atoms with van der Waals surface area (Å²) in [5.41, 5.74) is 0.510. The Labute approximate surface area is 118 Å². The maximum Gasteiger partial charge on any atom is 0.241 e.